The van der Waals surface area contributed by atoms with Crippen LogP contribution in [-0.2, 0) is 14.8 Å². The number of rotatable bonds is 6. The van der Waals surface area contributed by atoms with Crippen molar-refractivity contribution < 1.29 is 13.2 Å². The zero-order valence-corrected chi connectivity index (χ0v) is 14.2. The molecule has 5 N–H and O–H groups in total. The Kier molecular flexibility index (Phi) is 9.02. The SMILES string of the molecule is CS(=O)(=O)NC(=N)N[C@@H](CCCN)C(=O)N1CCSC1.Cl. The first-order valence-electron chi connectivity index (χ1n) is 6.23. The number of carbonyl (C=O) groups excluding carboxylic acids is 1. The van der Waals surface area contributed by atoms with Crippen LogP contribution >= 0.6 is 24.2 Å². The number of nitrogens with zero attached hydrogens (tertiary/aromatic N) is 1. The topological polar surface area (TPSA) is 128 Å². The standard InChI is InChI=1S/C10H21N5O3S2.ClH/c1-20(17,18)14-10(12)13-8(3-2-4-11)9(16)15-5-6-19-7-15;/h8H,2-7,11H2,1H3,(H3,12,13,14);1H/t8-;/m0./s1. The molecule has 0 aromatic rings. The van der Waals surface area contributed by atoms with E-state index in [-0.39, 0.29) is 18.3 Å². The monoisotopic (exact) mass is 359 g/mol. The number of hydrogen-bond acceptors (Lipinski definition) is 6. The molecule has 1 atom stereocenters. The Morgan fingerprint density at radius 1 is 1.52 bits per heavy atom. The lowest BCUT2D eigenvalue weighted by atomic mass is 10.1. The van der Waals surface area contributed by atoms with E-state index in [1.54, 1.807) is 16.7 Å². The van der Waals surface area contributed by atoms with Crippen molar-refractivity contribution in [2.24, 2.45) is 5.73 Å². The maximum Gasteiger partial charge on any atom is 0.245 e. The highest BCUT2D eigenvalue weighted by Crippen LogP contribution is 2.15. The minimum atomic E-state index is -3.52. The molecule has 1 heterocycles. The molecule has 0 radical (unpaired) electrons. The van der Waals surface area contributed by atoms with Gasteiger partial charge in [-0.25, -0.2) is 8.42 Å². The smallest absolute Gasteiger partial charge is 0.245 e. The quantitative estimate of drug-likeness (QED) is 0.360. The molecule has 1 amide bonds. The Morgan fingerprint density at radius 3 is 2.67 bits per heavy atom. The van der Waals surface area contributed by atoms with Crippen LogP contribution in [0.2, 0.25) is 0 Å². The largest absolute Gasteiger partial charge is 0.344 e. The molecule has 0 aromatic carbocycles. The van der Waals surface area contributed by atoms with Crippen molar-refractivity contribution in [3.8, 4) is 0 Å². The van der Waals surface area contributed by atoms with Crippen molar-refractivity contribution in [3.05, 3.63) is 0 Å². The molecule has 0 saturated carbocycles. The van der Waals surface area contributed by atoms with Crippen LogP contribution in [0.3, 0.4) is 0 Å². The molecule has 0 bridgehead atoms. The van der Waals surface area contributed by atoms with E-state index in [2.05, 4.69) is 5.32 Å². The molecule has 0 aliphatic carbocycles. The van der Waals surface area contributed by atoms with Gasteiger partial charge in [0.25, 0.3) is 0 Å². The molecule has 1 aliphatic rings. The van der Waals surface area contributed by atoms with Gasteiger partial charge in [-0.15, -0.1) is 24.2 Å². The van der Waals surface area contributed by atoms with Gasteiger partial charge >= 0.3 is 0 Å². The van der Waals surface area contributed by atoms with Gasteiger partial charge in [0.15, 0.2) is 0 Å². The van der Waals surface area contributed by atoms with Crippen molar-refractivity contribution in [2.75, 3.05) is 31.0 Å². The Labute approximate surface area is 135 Å². The van der Waals surface area contributed by atoms with E-state index in [4.69, 9.17) is 11.1 Å². The Bertz CT molecular complexity index is 454. The van der Waals surface area contributed by atoms with Gasteiger partial charge in [0.1, 0.15) is 6.04 Å². The number of hydrogen-bond donors (Lipinski definition) is 4. The summed E-state index contributed by atoms with van der Waals surface area (Å²) < 4.78 is 24.1. The number of nitrogens with two attached hydrogens (primary N) is 1. The average molecular weight is 360 g/mol. The molecule has 1 aliphatic heterocycles. The van der Waals surface area contributed by atoms with Crippen LogP contribution in [0.15, 0.2) is 0 Å². The molecule has 124 valence electrons. The van der Waals surface area contributed by atoms with Gasteiger partial charge in [-0.1, -0.05) is 0 Å². The lowest BCUT2D eigenvalue weighted by molar-refractivity contribution is -0.131. The van der Waals surface area contributed by atoms with Gasteiger partial charge < -0.3 is 16.0 Å². The van der Waals surface area contributed by atoms with Gasteiger partial charge in [-0.2, -0.15) is 0 Å². The molecule has 1 saturated heterocycles. The van der Waals surface area contributed by atoms with Gasteiger partial charge in [0.05, 0.1) is 12.1 Å². The zero-order valence-electron chi connectivity index (χ0n) is 11.8. The first kappa shape index (κ1) is 20.3. The molecule has 0 aromatic heterocycles. The van der Waals surface area contributed by atoms with Gasteiger partial charge in [-0.05, 0) is 19.4 Å². The number of thioether (sulfide) groups is 1. The third kappa shape index (κ3) is 7.74. The van der Waals surface area contributed by atoms with Gasteiger partial charge in [-0.3, -0.25) is 14.9 Å². The minimum absolute atomic E-state index is 0. The molecular weight excluding hydrogens is 338 g/mol. The predicted molar refractivity (Wildman–Crippen MR) is 87.2 cm³/mol. The summed E-state index contributed by atoms with van der Waals surface area (Å²) in [6.45, 7) is 1.12. The van der Waals surface area contributed by atoms with E-state index in [1.807, 2.05) is 4.72 Å². The van der Waals surface area contributed by atoms with Crippen molar-refractivity contribution in [1.82, 2.24) is 14.9 Å². The second-order valence-electron chi connectivity index (χ2n) is 4.52. The number of halogens is 1. The molecule has 0 unspecified atom stereocenters. The van der Waals surface area contributed by atoms with Crippen LogP contribution < -0.4 is 15.8 Å². The van der Waals surface area contributed by atoms with Crippen LogP contribution in [0.25, 0.3) is 0 Å². The summed E-state index contributed by atoms with van der Waals surface area (Å²) in [5.74, 6) is 1.01. The number of amides is 1. The van der Waals surface area contributed by atoms with Crippen LogP contribution in [0.4, 0.5) is 0 Å². The first-order valence-corrected chi connectivity index (χ1v) is 9.27. The van der Waals surface area contributed by atoms with Crippen molar-refractivity contribution >= 4 is 46.1 Å². The molecular formula is C10H22ClN5O3S2. The third-order valence-corrected chi connectivity index (χ3v) is 4.21. The van der Waals surface area contributed by atoms with Crippen molar-refractivity contribution in [2.45, 2.75) is 18.9 Å². The van der Waals surface area contributed by atoms with E-state index < -0.39 is 22.0 Å². The van der Waals surface area contributed by atoms with Crippen LogP contribution in [0.1, 0.15) is 12.8 Å². The highest BCUT2D eigenvalue weighted by molar-refractivity contribution is 7.99. The fraction of sp³-hybridized carbons (Fsp3) is 0.800. The summed E-state index contributed by atoms with van der Waals surface area (Å²) in [4.78, 5) is 14.0. The Morgan fingerprint density at radius 2 is 2.19 bits per heavy atom. The lowest BCUT2D eigenvalue weighted by Gasteiger charge is -2.24. The maximum absolute atomic E-state index is 12.3. The number of sulfonamides is 1. The average Bonchev–Trinajstić information content (AvgIpc) is 2.84. The molecule has 1 rings (SSSR count). The number of carbonyl (C=O) groups is 1. The first-order chi connectivity index (χ1) is 9.33. The van der Waals surface area contributed by atoms with E-state index in [1.165, 1.54) is 0 Å². The lowest BCUT2D eigenvalue weighted by Crippen LogP contribution is -2.52. The fourth-order valence-corrected chi connectivity index (χ4v) is 3.16. The van der Waals surface area contributed by atoms with Gasteiger partial charge in [0, 0.05) is 12.3 Å². The predicted octanol–water partition coefficient (Wildman–Crippen LogP) is -0.878. The molecule has 11 heteroatoms. The maximum atomic E-state index is 12.3. The summed E-state index contributed by atoms with van der Waals surface area (Å²) in [6.07, 6.45) is 2.04. The fourth-order valence-electron chi connectivity index (χ4n) is 1.78. The van der Waals surface area contributed by atoms with Crippen LogP contribution in [-0.4, -0.2) is 62.2 Å². The third-order valence-electron chi connectivity index (χ3n) is 2.67. The summed E-state index contributed by atoms with van der Waals surface area (Å²) in [6, 6.07) is -0.626. The minimum Gasteiger partial charge on any atom is -0.344 e. The summed E-state index contributed by atoms with van der Waals surface area (Å²) in [7, 11) is -3.52. The molecule has 1 fully saturated rings. The normalized spacial score (nSPS) is 16.0. The zero-order chi connectivity index (χ0) is 15.2. The van der Waals surface area contributed by atoms with Gasteiger partial charge in [0.2, 0.25) is 21.9 Å². The highest BCUT2D eigenvalue weighted by atomic mass is 35.5. The van der Waals surface area contributed by atoms with E-state index in [0.717, 1.165) is 12.0 Å². The highest BCUT2D eigenvalue weighted by Gasteiger charge is 2.27. The number of guanidine groups is 1. The molecule has 21 heavy (non-hydrogen) atoms. The van der Waals surface area contributed by atoms with Crippen LogP contribution in [0, 0.1) is 5.41 Å². The second-order valence-corrected chi connectivity index (χ2v) is 7.34. The Balaban J connectivity index is 0.00000400. The number of nitrogens with one attached hydrogen (secondary N) is 3. The summed E-state index contributed by atoms with van der Waals surface area (Å²) in [5.41, 5.74) is 5.44. The van der Waals surface area contributed by atoms with E-state index in [9.17, 15) is 13.2 Å². The van der Waals surface area contributed by atoms with E-state index in [0.29, 0.717) is 31.8 Å². The molecule has 0 spiro atoms. The second kappa shape index (κ2) is 9.34. The van der Waals surface area contributed by atoms with Crippen molar-refractivity contribution in [1.29, 1.82) is 5.41 Å². The summed E-state index contributed by atoms with van der Waals surface area (Å²) in [5, 5.41) is 10.2. The molecule has 8 nitrogen and oxygen atoms in total. The van der Waals surface area contributed by atoms with E-state index >= 15 is 0 Å². The summed E-state index contributed by atoms with van der Waals surface area (Å²) >= 11 is 1.67. The Hall–Kier alpha value is -0.710. The van der Waals surface area contributed by atoms with Crippen LogP contribution in [0.5, 0.6) is 0 Å². The van der Waals surface area contributed by atoms with Crippen molar-refractivity contribution in [3.63, 3.8) is 0 Å².